The molecule has 2 rings (SSSR count). The number of methoxy groups -OCH3 is 1. The summed E-state index contributed by atoms with van der Waals surface area (Å²) in [4.78, 5) is 19.9. The molecule has 1 amide bonds. The fourth-order valence-electron chi connectivity index (χ4n) is 2.98. The first-order valence-electron chi connectivity index (χ1n) is 7.83. The van der Waals surface area contributed by atoms with Crippen molar-refractivity contribution in [2.45, 2.75) is 58.0 Å². The molecule has 0 aromatic carbocycles. The van der Waals surface area contributed by atoms with Crippen LogP contribution < -0.4 is 0 Å². The van der Waals surface area contributed by atoms with Crippen molar-refractivity contribution in [3.8, 4) is 0 Å². The Kier molecular flexibility index (Phi) is 4.94. The summed E-state index contributed by atoms with van der Waals surface area (Å²) in [5.41, 5.74) is -1.33. The fraction of sp³-hybridized carbons (Fsp3) is 0.812. The normalized spacial score (nSPS) is 28.5. The molecule has 132 valence electrons. The molecule has 0 saturated carbocycles. The van der Waals surface area contributed by atoms with Crippen molar-refractivity contribution in [3.63, 3.8) is 0 Å². The Balaban J connectivity index is 2.31. The number of rotatable bonds is 2. The maximum Gasteiger partial charge on any atom is 0.412 e. The second-order valence-electron chi connectivity index (χ2n) is 7.27. The van der Waals surface area contributed by atoms with Gasteiger partial charge >= 0.3 is 6.09 Å². The second kappa shape index (κ2) is 6.30. The Morgan fingerprint density at radius 2 is 2.04 bits per heavy atom. The molecule has 0 aromatic heterocycles. The van der Waals surface area contributed by atoms with Crippen LogP contribution in [0.5, 0.6) is 0 Å². The summed E-state index contributed by atoms with van der Waals surface area (Å²) in [7, 11) is 3.45. The van der Waals surface area contributed by atoms with Gasteiger partial charge in [0.1, 0.15) is 23.1 Å². The highest BCUT2D eigenvalue weighted by Gasteiger charge is 2.51. The van der Waals surface area contributed by atoms with E-state index in [9.17, 15) is 4.79 Å². The molecule has 0 spiro atoms. The third kappa shape index (κ3) is 3.79. The highest BCUT2D eigenvalue weighted by molar-refractivity contribution is 5.70. The molecule has 2 heterocycles. The largest absolute Gasteiger partial charge is 0.499 e. The molecule has 0 aromatic rings. The van der Waals surface area contributed by atoms with Gasteiger partial charge in [-0.15, -0.1) is 0 Å². The quantitative estimate of drug-likeness (QED) is 0.774. The number of carbonyl (C=O) groups is 1. The van der Waals surface area contributed by atoms with Crippen molar-refractivity contribution in [1.82, 2.24) is 9.96 Å². The van der Waals surface area contributed by atoms with Crippen molar-refractivity contribution < 1.29 is 23.8 Å². The highest BCUT2D eigenvalue weighted by Crippen LogP contribution is 2.35. The number of carbonyl (C=O) groups excluding carboxylic acids is 1. The minimum Gasteiger partial charge on any atom is -0.499 e. The Hall–Kier alpha value is -1.31. The van der Waals surface area contributed by atoms with Crippen LogP contribution in [0.4, 0.5) is 4.79 Å². The molecule has 2 aliphatic heterocycles. The third-order valence-corrected chi connectivity index (χ3v) is 3.96. The van der Waals surface area contributed by atoms with E-state index in [2.05, 4.69) is 0 Å². The maximum atomic E-state index is 12.7. The van der Waals surface area contributed by atoms with E-state index in [0.717, 1.165) is 5.76 Å². The van der Waals surface area contributed by atoms with Gasteiger partial charge in [0.25, 0.3) is 0 Å². The predicted molar refractivity (Wildman–Crippen MR) is 84.5 cm³/mol. The lowest BCUT2D eigenvalue weighted by molar-refractivity contribution is -0.179. The number of hydrogen-bond donors (Lipinski definition) is 0. The van der Waals surface area contributed by atoms with Gasteiger partial charge in [0, 0.05) is 7.05 Å². The Morgan fingerprint density at radius 1 is 1.39 bits per heavy atom. The minimum atomic E-state index is -0.760. The summed E-state index contributed by atoms with van der Waals surface area (Å²) in [5, 5.41) is 1.71. The predicted octanol–water partition coefficient (Wildman–Crippen LogP) is 2.13. The first-order chi connectivity index (χ1) is 10.6. The summed E-state index contributed by atoms with van der Waals surface area (Å²) in [6, 6.07) is -0.514. The lowest BCUT2D eigenvalue weighted by Crippen LogP contribution is -2.58. The van der Waals surface area contributed by atoms with E-state index >= 15 is 0 Å². The highest BCUT2D eigenvalue weighted by atomic mass is 16.7. The lowest BCUT2D eigenvalue weighted by Gasteiger charge is -2.41. The van der Waals surface area contributed by atoms with E-state index in [4.69, 9.17) is 19.0 Å². The standard InChI is InChI=1S/C16H28N2O5/c1-15(2,3)23-14(19)18-11(10-21-16(18,4)5)13-12(20-7)8-9-22-17(13)6/h8,11,13H,9-10H2,1-7H3/t11-,13-/m1/s1. The first-order valence-corrected chi connectivity index (χ1v) is 7.83. The number of nitrogens with zero attached hydrogens (tertiary/aromatic N) is 2. The van der Waals surface area contributed by atoms with E-state index in [1.807, 2.05) is 47.7 Å². The van der Waals surface area contributed by atoms with Gasteiger partial charge in [0.05, 0.1) is 26.4 Å². The fourth-order valence-corrected chi connectivity index (χ4v) is 2.98. The average Bonchev–Trinajstić information content (AvgIpc) is 2.71. The first kappa shape index (κ1) is 18.0. The molecule has 1 fully saturated rings. The second-order valence-corrected chi connectivity index (χ2v) is 7.27. The van der Waals surface area contributed by atoms with Crippen LogP contribution in [-0.4, -0.2) is 66.8 Å². The van der Waals surface area contributed by atoms with Gasteiger partial charge in [-0.1, -0.05) is 0 Å². The zero-order chi connectivity index (χ0) is 17.4. The maximum absolute atomic E-state index is 12.7. The molecule has 0 aliphatic carbocycles. The van der Waals surface area contributed by atoms with Gasteiger partial charge in [0.2, 0.25) is 0 Å². The Labute approximate surface area is 138 Å². The monoisotopic (exact) mass is 328 g/mol. The van der Waals surface area contributed by atoms with Crippen molar-refractivity contribution in [2.24, 2.45) is 0 Å². The molecule has 7 heteroatoms. The number of ether oxygens (including phenoxy) is 3. The van der Waals surface area contributed by atoms with Crippen LogP contribution in [0, 0.1) is 0 Å². The van der Waals surface area contributed by atoms with Crippen molar-refractivity contribution >= 4 is 6.09 Å². The summed E-state index contributed by atoms with van der Waals surface area (Å²) in [5.74, 6) is 0.763. The average molecular weight is 328 g/mol. The van der Waals surface area contributed by atoms with Crippen LogP contribution in [0.25, 0.3) is 0 Å². The third-order valence-electron chi connectivity index (χ3n) is 3.96. The van der Waals surface area contributed by atoms with Crippen LogP contribution in [0.2, 0.25) is 0 Å². The van der Waals surface area contributed by atoms with Crippen LogP contribution >= 0.6 is 0 Å². The van der Waals surface area contributed by atoms with Crippen LogP contribution in [0.1, 0.15) is 34.6 Å². The summed E-state index contributed by atoms with van der Waals surface area (Å²) in [6.45, 7) is 10.1. The summed E-state index contributed by atoms with van der Waals surface area (Å²) >= 11 is 0. The lowest BCUT2D eigenvalue weighted by atomic mass is 10.0. The molecule has 0 unspecified atom stereocenters. The van der Waals surface area contributed by atoms with Crippen molar-refractivity contribution in [2.75, 3.05) is 27.4 Å². The van der Waals surface area contributed by atoms with Gasteiger partial charge < -0.3 is 14.2 Å². The van der Waals surface area contributed by atoms with E-state index in [0.29, 0.717) is 13.2 Å². The van der Waals surface area contributed by atoms with Gasteiger partial charge in [-0.05, 0) is 40.7 Å². The molecule has 0 N–H and O–H groups in total. The van der Waals surface area contributed by atoms with E-state index in [-0.39, 0.29) is 12.1 Å². The zero-order valence-corrected chi connectivity index (χ0v) is 15.1. The molecule has 2 aliphatic rings. The zero-order valence-electron chi connectivity index (χ0n) is 15.1. The van der Waals surface area contributed by atoms with Crippen LogP contribution in [0.15, 0.2) is 11.8 Å². The van der Waals surface area contributed by atoms with Gasteiger partial charge in [-0.3, -0.25) is 9.74 Å². The van der Waals surface area contributed by atoms with Gasteiger partial charge in [-0.25, -0.2) is 4.79 Å². The molecule has 0 bridgehead atoms. The summed E-state index contributed by atoms with van der Waals surface area (Å²) < 4.78 is 16.9. The Bertz CT molecular complexity index is 483. The van der Waals surface area contributed by atoms with Crippen molar-refractivity contribution in [1.29, 1.82) is 0 Å². The number of amides is 1. The summed E-state index contributed by atoms with van der Waals surface area (Å²) in [6.07, 6.45) is 1.47. The minimum absolute atomic E-state index is 0.247. The molecule has 0 radical (unpaired) electrons. The molecular weight excluding hydrogens is 300 g/mol. The molecular formula is C16H28N2O5. The molecule has 2 atom stereocenters. The molecule has 7 nitrogen and oxygen atoms in total. The van der Waals surface area contributed by atoms with E-state index < -0.39 is 17.4 Å². The van der Waals surface area contributed by atoms with E-state index in [1.165, 1.54) is 0 Å². The van der Waals surface area contributed by atoms with Crippen molar-refractivity contribution in [3.05, 3.63) is 11.8 Å². The SMILES string of the molecule is COC1=CCON(C)[C@@H]1[C@H]1COC(C)(C)N1C(=O)OC(C)(C)C. The van der Waals surface area contributed by atoms with E-state index in [1.54, 1.807) is 17.1 Å². The van der Waals surface area contributed by atoms with Crippen LogP contribution in [0.3, 0.4) is 0 Å². The van der Waals surface area contributed by atoms with Crippen LogP contribution in [-0.2, 0) is 19.0 Å². The number of hydrogen-bond acceptors (Lipinski definition) is 6. The number of hydroxylamine groups is 2. The smallest absolute Gasteiger partial charge is 0.412 e. The Morgan fingerprint density at radius 3 is 2.61 bits per heavy atom. The van der Waals surface area contributed by atoms with Gasteiger partial charge in [-0.2, -0.15) is 5.06 Å². The molecule has 23 heavy (non-hydrogen) atoms. The molecule has 1 saturated heterocycles. The topological polar surface area (TPSA) is 60.5 Å². The van der Waals surface area contributed by atoms with Gasteiger partial charge in [0.15, 0.2) is 0 Å². The number of likely N-dealkylation sites (N-methyl/N-ethyl adjacent to an activating group) is 1.